The molecule has 0 aliphatic carbocycles. The van der Waals surface area contributed by atoms with Gasteiger partial charge in [-0.05, 0) is 37.0 Å². The Hall–Kier alpha value is -1.55. The quantitative estimate of drug-likeness (QED) is 0.464. The number of carboxylic acid groups (broad SMARTS) is 1. The first kappa shape index (κ1) is 20.5. The molecule has 0 amide bonds. The molecule has 0 aliphatic heterocycles. The number of aliphatic hydroxyl groups is 1. The Bertz CT molecular complexity index is 459. The Kier molecular flexibility index (Phi) is 10.9. The Morgan fingerprint density at radius 1 is 1.08 bits per heavy atom. The molecule has 0 spiro atoms. The SMILES string of the molecule is CCCCC[C@@H](O)c1cccc(OCCCCCCCC(=O)O)c1. The van der Waals surface area contributed by atoms with E-state index in [2.05, 4.69) is 6.92 Å². The normalized spacial score (nSPS) is 12.1. The Balaban J connectivity index is 2.19. The van der Waals surface area contributed by atoms with Crippen LogP contribution < -0.4 is 4.74 Å². The standard InChI is InChI=1S/C20H32O4/c1-2-3-7-13-19(21)17-11-10-12-18(16-17)24-15-9-6-4-5-8-14-20(22)23/h10-12,16,19,21H,2-9,13-15H2,1H3,(H,22,23)/t19-/m1/s1. The number of ether oxygens (including phenoxy) is 1. The Morgan fingerprint density at radius 3 is 2.58 bits per heavy atom. The summed E-state index contributed by atoms with van der Waals surface area (Å²) < 4.78 is 5.76. The van der Waals surface area contributed by atoms with Crippen LogP contribution in [-0.2, 0) is 4.79 Å². The van der Waals surface area contributed by atoms with Gasteiger partial charge in [0.1, 0.15) is 5.75 Å². The summed E-state index contributed by atoms with van der Waals surface area (Å²) in [6, 6.07) is 7.74. The fraction of sp³-hybridized carbons (Fsp3) is 0.650. The van der Waals surface area contributed by atoms with E-state index in [1.54, 1.807) is 0 Å². The van der Waals surface area contributed by atoms with E-state index >= 15 is 0 Å². The van der Waals surface area contributed by atoms with Crippen molar-refractivity contribution in [3.8, 4) is 5.75 Å². The zero-order valence-electron chi connectivity index (χ0n) is 14.9. The van der Waals surface area contributed by atoms with Gasteiger partial charge in [0.2, 0.25) is 0 Å². The number of aliphatic hydroxyl groups excluding tert-OH is 1. The molecule has 0 saturated carbocycles. The predicted molar refractivity (Wildman–Crippen MR) is 96.4 cm³/mol. The van der Waals surface area contributed by atoms with E-state index in [9.17, 15) is 9.90 Å². The van der Waals surface area contributed by atoms with Crippen LogP contribution in [0.4, 0.5) is 0 Å². The highest BCUT2D eigenvalue weighted by atomic mass is 16.5. The number of rotatable bonds is 14. The van der Waals surface area contributed by atoms with Crippen molar-refractivity contribution in [1.29, 1.82) is 0 Å². The van der Waals surface area contributed by atoms with Crippen LogP contribution in [0.15, 0.2) is 24.3 Å². The first-order chi connectivity index (χ1) is 11.6. The van der Waals surface area contributed by atoms with Gasteiger partial charge in [0.25, 0.3) is 0 Å². The third-order valence-corrected chi connectivity index (χ3v) is 4.13. The fourth-order valence-corrected chi connectivity index (χ4v) is 2.66. The van der Waals surface area contributed by atoms with Gasteiger partial charge in [0, 0.05) is 6.42 Å². The fourth-order valence-electron chi connectivity index (χ4n) is 2.66. The lowest BCUT2D eigenvalue weighted by Gasteiger charge is -2.13. The molecule has 0 unspecified atom stereocenters. The molecule has 136 valence electrons. The van der Waals surface area contributed by atoms with Crippen LogP contribution >= 0.6 is 0 Å². The molecule has 0 aliphatic rings. The Morgan fingerprint density at radius 2 is 1.83 bits per heavy atom. The van der Waals surface area contributed by atoms with Gasteiger partial charge in [-0.25, -0.2) is 0 Å². The summed E-state index contributed by atoms with van der Waals surface area (Å²) in [6.07, 6.45) is 8.81. The van der Waals surface area contributed by atoms with Crippen LogP contribution in [-0.4, -0.2) is 22.8 Å². The van der Waals surface area contributed by atoms with Gasteiger partial charge in [0.15, 0.2) is 0 Å². The van der Waals surface area contributed by atoms with Gasteiger partial charge < -0.3 is 14.9 Å². The number of carboxylic acids is 1. The average molecular weight is 336 g/mol. The van der Waals surface area contributed by atoms with Crippen molar-refractivity contribution in [3.63, 3.8) is 0 Å². The second-order valence-electron chi connectivity index (χ2n) is 6.34. The topological polar surface area (TPSA) is 66.8 Å². The summed E-state index contributed by atoms with van der Waals surface area (Å²) in [4.78, 5) is 10.4. The molecule has 2 N–H and O–H groups in total. The number of unbranched alkanes of at least 4 members (excludes halogenated alkanes) is 6. The highest BCUT2D eigenvalue weighted by molar-refractivity contribution is 5.66. The van der Waals surface area contributed by atoms with E-state index < -0.39 is 12.1 Å². The van der Waals surface area contributed by atoms with Gasteiger partial charge in [-0.2, -0.15) is 0 Å². The molecular weight excluding hydrogens is 304 g/mol. The number of carbonyl (C=O) groups is 1. The van der Waals surface area contributed by atoms with E-state index in [1.165, 1.54) is 0 Å². The molecule has 0 saturated heterocycles. The lowest BCUT2D eigenvalue weighted by Crippen LogP contribution is -2.01. The number of aliphatic carboxylic acids is 1. The summed E-state index contributed by atoms with van der Waals surface area (Å²) >= 11 is 0. The third-order valence-electron chi connectivity index (χ3n) is 4.13. The van der Waals surface area contributed by atoms with Gasteiger partial charge in [-0.1, -0.05) is 57.6 Å². The average Bonchev–Trinajstić information content (AvgIpc) is 2.57. The van der Waals surface area contributed by atoms with Crippen molar-refractivity contribution in [1.82, 2.24) is 0 Å². The first-order valence-electron chi connectivity index (χ1n) is 9.26. The van der Waals surface area contributed by atoms with Crippen molar-refractivity contribution < 1.29 is 19.7 Å². The summed E-state index contributed by atoms with van der Waals surface area (Å²) in [5.74, 6) is 0.100. The van der Waals surface area contributed by atoms with Gasteiger partial charge in [-0.3, -0.25) is 4.79 Å². The highest BCUT2D eigenvalue weighted by Gasteiger charge is 2.08. The van der Waals surface area contributed by atoms with Crippen LogP contribution in [0.25, 0.3) is 0 Å². The minimum atomic E-state index is -0.713. The molecule has 0 bridgehead atoms. The summed E-state index contributed by atoms with van der Waals surface area (Å²) in [7, 11) is 0. The van der Waals surface area contributed by atoms with E-state index in [0.717, 1.165) is 69.1 Å². The largest absolute Gasteiger partial charge is 0.494 e. The highest BCUT2D eigenvalue weighted by Crippen LogP contribution is 2.23. The van der Waals surface area contributed by atoms with Crippen LogP contribution in [0.3, 0.4) is 0 Å². The maximum atomic E-state index is 10.4. The van der Waals surface area contributed by atoms with Crippen molar-refractivity contribution in [3.05, 3.63) is 29.8 Å². The molecule has 4 nitrogen and oxygen atoms in total. The van der Waals surface area contributed by atoms with Crippen LogP contribution in [0.1, 0.15) is 82.8 Å². The number of benzene rings is 1. The van der Waals surface area contributed by atoms with E-state index in [-0.39, 0.29) is 6.42 Å². The summed E-state index contributed by atoms with van der Waals surface area (Å²) in [6.45, 7) is 2.82. The van der Waals surface area contributed by atoms with E-state index in [4.69, 9.17) is 9.84 Å². The van der Waals surface area contributed by atoms with Crippen molar-refractivity contribution in [2.24, 2.45) is 0 Å². The molecule has 1 aromatic rings. The molecule has 0 heterocycles. The third kappa shape index (κ3) is 9.56. The molecule has 1 rings (SSSR count). The van der Waals surface area contributed by atoms with Gasteiger partial charge in [-0.15, -0.1) is 0 Å². The van der Waals surface area contributed by atoms with Crippen LogP contribution in [0.5, 0.6) is 5.75 Å². The monoisotopic (exact) mass is 336 g/mol. The number of hydrogen-bond donors (Lipinski definition) is 2. The van der Waals surface area contributed by atoms with Crippen molar-refractivity contribution in [2.45, 2.75) is 77.2 Å². The lowest BCUT2D eigenvalue weighted by molar-refractivity contribution is -0.137. The zero-order valence-corrected chi connectivity index (χ0v) is 14.9. The molecule has 24 heavy (non-hydrogen) atoms. The zero-order chi connectivity index (χ0) is 17.6. The van der Waals surface area contributed by atoms with Crippen LogP contribution in [0, 0.1) is 0 Å². The molecular formula is C20H32O4. The summed E-state index contributed by atoms with van der Waals surface area (Å²) in [5, 5.41) is 18.8. The van der Waals surface area contributed by atoms with Gasteiger partial charge in [0.05, 0.1) is 12.7 Å². The second kappa shape index (κ2) is 12.8. The molecule has 0 radical (unpaired) electrons. The molecule has 4 heteroatoms. The second-order valence-corrected chi connectivity index (χ2v) is 6.34. The van der Waals surface area contributed by atoms with Gasteiger partial charge >= 0.3 is 5.97 Å². The molecule has 0 aromatic heterocycles. The van der Waals surface area contributed by atoms with Crippen LogP contribution in [0.2, 0.25) is 0 Å². The van der Waals surface area contributed by atoms with Crippen molar-refractivity contribution >= 4 is 5.97 Å². The van der Waals surface area contributed by atoms with E-state index in [1.807, 2.05) is 24.3 Å². The predicted octanol–water partition coefficient (Wildman–Crippen LogP) is 5.10. The summed E-state index contributed by atoms with van der Waals surface area (Å²) in [5.41, 5.74) is 0.928. The lowest BCUT2D eigenvalue weighted by atomic mass is 10.0. The Labute approximate surface area is 145 Å². The van der Waals surface area contributed by atoms with E-state index in [0.29, 0.717) is 6.61 Å². The maximum Gasteiger partial charge on any atom is 0.303 e. The molecule has 1 atom stereocenters. The van der Waals surface area contributed by atoms with Crippen molar-refractivity contribution in [2.75, 3.05) is 6.61 Å². The minimum absolute atomic E-state index is 0.268. The maximum absolute atomic E-state index is 10.4. The minimum Gasteiger partial charge on any atom is -0.494 e. The number of hydrogen-bond acceptors (Lipinski definition) is 3. The first-order valence-corrected chi connectivity index (χ1v) is 9.26. The smallest absolute Gasteiger partial charge is 0.303 e. The molecule has 1 aromatic carbocycles. The molecule has 0 fully saturated rings.